The molecule has 1 aromatic carbocycles. The van der Waals surface area contributed by atoms with Crippen LogP contribution in [0.1, 0.15) is 30.0 Å². The molecule has 0 fully saturated rings. The molecule has 2 aromatic rings. The van der Waals surface area contributed by atoms with Crippen molar-refractivity contribution in [2.75, 3.05) is 6.61 Å². The molecule has 5 nitrogen and oxygen atoms in total. The van der Waals surface area contributed by atoms with Gasteiger partial charge in [-0.05, 0) is 38.5 Å². The molecule has 0 aliphatic heterocycles. The van der Waals surface area contributed by atoms with E-state index < -0.39 is 0 Å². The van der Waals surface area contributed by atoms with Gasteiger partial charge in [0.1, 0.15) is 11.6 Å². The van der Waals surface area contributed by atoms with Gasteiger partial charge in [0.15, 0.2) is 0 Å². The minimum Gasteiger partial charge on any atom is -0.494 e. The SMILES string of the molecule is CCOc1ccc(C(N)Cn2c(C)nc(C)cc2=O)cc1. The van der Waals surface area contributed by atoms with Crippen LogP contribution in [0.25, 0.3) is 0 Å². The molecule has 2 rings (SSSR count). The Morgan fingerprint density at radius 3 is 2.52 bits per heavy atom. The highest BCUT2D eigenvalue weighted by Gasteiger charge is 2.11. The highest BCUT2D eigenvalue weighted by molar-refractivity contribution is 5.29. The molecule has 0 saturated carbocycles. The molecule has 112 valence electrons. The van der Waals surface area contributed by atoms with Crippen LogP contribution in [0.5, 0.6) is 5.75 Å². The predicted molar refractivity (Wildman–Crippen MR) is 82.5 cm³/mol. The fraction of sp³-hybridized carbons (Fsp3) is 0.375. The van der Waals surface area contributed by atoms with Crippen molar-refractivity contribution >= 4 is 0 Å². The second kappa shape index (κ2) is 6.54. The van der Waals surface area contributed by atoms with Crippen molar-refractivity contribution in [2.45, 2.75) is 33.4 Å². The van der Waals surface area contributed by atoms with Crippen LogP contribution in [0, 0.1) is 13.8 Å². The molecule has 0 amide bonds. The summed E-state index contributed by atoms with van der Waals surface area (Å²) in [6.45, 7) is 6.62. The van der Waals surface area contributed by atoms with Crippen molar-refractivity contribution in [3.8, 4) is 5.75 Å². The summed E-state index contributed by atoms with van der Waals surface area (Å²) in [6.07, 6.45) is 0. The van der Waals surface area contributed by atoms with Crippen LogP contribution in [0.15, 0.2) is 35.1 Å². The normalized spacial score (nSPS) is 12.2. The van der Waals surface area contributed by atoms with E-state index in [1.54, 1.807) is 4.57 Å². The third-order valence-corrected chi connectivity index (χ3v) is 3.33. The smallest absolute Gasteiger partial charge is 0.253 e. The van der Waals surface area contributed by atoms with Gasteiger partial charge in [0, 0.05) is 24.3 Å². The number of aryl methyl sites for hydroxylation is 2. The molecule has 21 heavy (non-hydrogen) atoms. The van der Waals surface area contributed by atoms with Crippen LogP contribution in [-0.2, 0) is 6.54 Å². The first-order valence-corrected chi connectivity index (χ1v) is 7.04. The summed E-state index contributed by atoms with van der Waals surface area (Å²) in [5.74, 6) is 1.50. The van der Waals surface area contributed by atoms with E-state index in [4.69, 9.17) is 10.5 Å². The second-order valence-electron chi connectivity index (χ2n) is 5.00. The maximum absolute atomic E-state index is 12.0. The van der Waals surface area contributed by atoms with E-state index in [9.17, 15) is 4.79 Å². The van der Waals surface area contributed by atoms with Crippen LogP contribution in [0.2, 0.25) is 0 Å². The number of ether oxygens (including phenoxy) is 1. The fourth-order valence-corrected chi connectivity index (χ4v) is 2.27. The zero-order valence-electron chi connectivity index (χ0n) is 12.7. The number of hydrogen-bond donors (Lipinski definition) is 1. The first-order valence-electron chi connectivity index (χ1n) is 7.04. The lowest BCUT2D eigenvalue weighted by molar-refractivity contribution is 0.340. The highest BCUT2D eigenvalue weighted by atomic mass is 16.5. The molecule has 2 N–H and O–H groups in total. The van der Waals surface area contributed by atoms with E-state index in [1.165, 1.54) is 6.07 Å². The number of rotatable bonds is 5. The van der Waals surface area contributed by atoms with Gasteiger partial charge in [0.2, 0.25) is 0 Å². The van der Waals surface area contributed by atoms with Crippen LogP contribution < -0.4 is 16.0 Å². The van der Waals surface area contributed by atoms with Gasteiger partial charge < -0.3 is 10.5 Å². The summed E-state index contributed by atoms with van der Waals surface area (Å²) in [5, 5.41) is 0. The summed E-state index contributed by atoms with van der Waals surface area (Å²) in [6, 6.07) is 8.90. The minimum absolute atomic E-state index is 0.0682. The van der Waals surface area contributed by atoms with Crippen LogP contribution in [-0.4, -0.2) is 16.2 Å². The Bertz CT molecular complexity index is 662. The van der Waals surface area contributed by atoms with Crippen LogP contribution >= 0.6 is 0 Å². The van der Waals surface area contributed by atoms with Crippen molar-refractivity contribution in [3.05, 3.63) is 57.8 Å². The Morgan fingerprint density at radius 1 is 1.29 bits per heavy atom. The highest BCUT2D eigenvalue weighted by Crippen LogP contribution is 2.17. The summed E-state index contributed by atoms with van der Waals surface area (Å²) in [4.78, 5) is 16.3. The van der Waals surface area contributed by atoms with Gasteiger partial charge in [-0.2, -0.15) is 0 Å². The molecule has 1 unspecified atom stereocenters. The summed E-state index contributed by atoms with van der Waals surface area (Å²) >= 11 is 0. The third-order valence-electron chi connectivity index (χ3n) is 3.33. The molecule has 1 aromatic heterocycles. The fourth-order valence-electron chi connectivity index (χ4n) is 2.27. The average Bonchev–Trinajstić information content (AvgIpc) is 2.43. The first-order chi connectivity index (χ1) is 10.0. The molecule has 0 aliphatic rings. The van der Waals surface area contributed by atoms with Crippen molar-refractivity contribution in [3.63, 3.8) is 0 Å². The topological polar surface area (TPSA) is 70.1 Å². The Hall–Kier alpha value is -2.14. The summed E-state index contributed by atoms with van der Waals surface area (Å²) in [7, 11) is 0. The van der Waals surface area contributed by atoms with Crippen molar-refractivity contribution in [1.82, 2.24) is 9.55 Å². The minimum atomic E-state index is -0.262. The third kappa shape index (κ3) is 3.70. The Balaban J connectivity index is 2.18. The van der Waals surface area contributed by atoms with Crippen molar-refractivity contribution < 1.29 is 4.74 Å². The van der Waals surface area contributed by atoms with Gasteiger partial charge in [-0.3, -0.25) is 9.36 Å². The molecule has 0 radical (unpaired) electrons. The quantitative estimate of drug-likeness (QED) is 0.912. The number of nitrogens with zero attached hydrogens (tertiary/aromatic N) is 2. The van der Waals surface area contributed by atoms with E-state index in [-0.39, 0.29) is 11.6 Å². The Morgan fingerprint density at radius 2 is 1.95 bits per heavy atom. The number of hydrogen-bond acceptors (Lipinski definition) is 4. The zero-order chi connectivity index (χ0) is 15.4. The lowest BCUT2D eigenvalue weighted by atomic mass is 10.1. The van der Waals surface area contributed by atoms with Gasteiger partial charge >= 0.3 is 0 Å². The van der Waals surface area contributed by atoms with E-state index in [2.05, 4.69) is 4.98 Å². The zero-order valence-corrected chi connectivity index (χ0v) is 12.7. The lowest BCUT2D eigenvalue weighted by Crippen LogP contribution is -2.29. The predicted octanol–water partition coefficient (Wildman–Crippen LogP) is 1.96. The number of benzene rings is 1. The molecule has 0 saturated heterocycles. The van der Waals surface area contributed by atoms with Gasteiger partial charge in [0.25, 0.3) is 5.56 Å². The van der Waals surface area contributed by atoms with Gasteiger partial charge in [-0.25, -0.2) is 4.98 Å². The number of nitrogens with two attached hydrogens (primary N) is 1. The van der Waals surface area contributed by atoms with Gasteiger partial charge in [0.05, 0.1) is 6.61 Å². The molecule has 0 spiro atoms. The largest absolute Gasteiger partial charge is 0.494 e. The molecule has 1 heterocycles. The Kier molecular flexibility index (Phi) is 4.75. The van der Waals surface area contributed by atoms with Gasteiger partial charge in [-0.15, -0.1) is 0 Å². The molecule has 0 aliphatic carbocycles. The van der Waals surface area contributed by atoms with Crippen molar-refractivity contribution in [1.29, 1.82) is 0 Å². The van der Waals surface area contributed by atoms with Crippen molar-refractivity contribution in [2.24, 2.45) is 5.73 Å². The molecule has 1 atom stereocenters. The molecular weight excluding hydrogens is 266 g/mol. The average molecular weight is 287 g/mol. The monoisotopic (exact) mass is 287 g/mol. The van der Waals surface area contributed by atoms with E-state index in [0.29, 0.717) is 19.0 Å². The van der Waals surface area contributed by atoms with E-state index in [0.717, 1.165) is 17.0 Å². The Labute approximate surface area is 124 Å². The standard InChI is InChI=1S/C16H21N3O2/c1-4-21-14-7-5-13(6-8-14)15(17)10-19-12(3)18-11(2)9-16(19)20/h5-9,15H,4,10,17H2,1-3H3. The van der Waals surface area contributed by atoms with E-state index >= 15 is 0 Å². The first kappa shape index (κ1) is 15.3. The molecular formula is C16H21N3O2. The van der Waals surface area contributed by atoms with Crippen LogP contribution in [0.3, 0.4) is 0 Å². The summed E-state index contributed by atoms with van der Waals surface area (Å²) < 4.78 is 7.01. The molecule has 5 heteroatoms. The summed E-state index contributed by atoms with van der Waals surface area (Å²) in [5.41, 5.74) is 7.82. The van der Waals surface area contributed by atoms with E-state index in [1.807, 2.05) is 45.0 Å². The maximum atomic E-state index is 12.0. The maximum Gasteiger partial charge on any atom is 0.253 e. The van der Waals surface area contributed by atoms with Gasteiger partial charge in [-0.1, -0.05) is 12.1 Å². The molecule has 0 bridgehead atoms. The lowest BCUT2D eigenvalue weighted by Gasteiger charge is -2.16. The van der Waals surface area contributed by atoms with Crippen LogP contribution in [0.4, 0.5) is 0 Å². The second-order valence-corrected chi connectivity index (χ2v) is 5.00. The number of aromatic nitrogens is 2.